The highest BCUT2D eigenvalue weighted by Gasteiger charge is 2.47. The highest BCUT2D eigenvalue weighted by Crippen LogP contribution is 2.47. The summed E-state index contributed by atoms with van der Waals surface area (Å²) in [6, 6.07) is 34.6. The van der Waals surface area contributed by atoms with Gasteiger partial charge in [0.05, 0.1) is 7.11 Å². The molecule has 34 heavy (non-hydrogen) atoms. The van der Waals surface area contributed by atoms with E-state index in [0.717, 1.165) is 11.4 Å². The second kappa shape index (κ2) is 9.18. The first-order valence-electron chi connectivity index (χ1n) is 11.8. The Morgan fingerprint density at radius 1 is 0.706 bits per heavy atom. The quantitative estimate of drug-likeness (QED) is 0.298. The lowest BCUT2D eigenvalue weighted by molar-refractivity contribution is -0.482. The fraction of sp³-hybridized carbons (Fsp3) is 0.194. The highest BCUT2D eigenvalue weighted by atomic mass is 16.5. The van der Waals surface area contributed by atoms with Crippen LogP contribution in [0.3, 0.4) is 0 Å². The molecule has 3 heteroatoms. The molecule has 0 amide bonds. The molecule has 0 unspecified atom stereocenters. The summed E-state index contributed by atoms with van der Waals surface area (Å²) < 4.78 is 8.27. The van der Waals surface area contributed by atoms with Crippen molar-refractivity contribution >= 4 is 17.7 Å². The summed E-state index contributed by atoms with van der Waals surface area (Å²) in [5, 5.41) is 0. The zero-order valence-corrected chi connectivity index (χ0v) is 20.3. The van der Waals surface area contributed by atoms with Crippen LogP contribution in [0.4, 0.5) is 11.4 Å². The molecule has 0 aliphatic carbocycles. The predicted molar refractivity (Wildman–Crippen MR) is 140 cm³/mol. The van der Waals surface area contributed by atoms with Gasteiger partial charge in [-0.3, -0.25) is 0 Å². The van der Waals surface area contributed by atoms with Crippen LogP contribution in [-0.2, 0) is 0 Å². The van der Waals surface area contributed by atoms with Gasteiger partial charge in [-0.05, 0) is 44.0 Å². The van der Waals surface area contributed by atoms with Crippen molar-refractivity contribution in [1.82, 2.24) is 0 Å². The Morgan fingerprint density at radius 3 is 1.88 bits per heavy atom. The molecule has 0 N–H and O–H groups in total. The molecule has 4 aromatic rings. The smallest absolute Gasteiger partial charge is 0.245 e. The molecule has 1 heterocycles. The maximum absolute atomic E-state index is 5.81. The second-order valence-corrected chi connectivity index (χ2v) is 9.06. The number of aryl methyl sites for hydroxylation is 3. The van der Waals surface area contributed by atoms with Crippen molar-refractivity contribution < 1.29 is 9.31 Å². The third-order valence-corrected chi connectivity index (χ3v) is 6.69. The lowest BCUT2D eigenvalue weighted by Gasteiger charge is -2.25. The standard InChI is InChI=1S/C31H31N2O/c1-22-19-23(2)29(24(3)20-22)33-21-32(27-17-11-12-18-28(27)34-4)30(25-13-7-5-8-14-25)31(33)26-15-9-6-10-16-26/h5-21,30-31H,1-4H3/q+1/t30-,31-/m0/s1. The van der Waals surface area contributed by atoms with E-state index in [1.807, 2.05) is 12.1 Å². The third kappa shape index (κ3) is 3.88. The zero-order chi connectivity index (χ0) is 23.7. The average molecular weight is 448 g/mol. The zero-order valence-electron chi connectivity index (χ0n) is 20.3. The number of para-hydroxylation sites is 2. The molecular formula is C31H31N2O+. The van der Waals surface area contributed by atoms with E-state index in [4.69, 9.17) is 4.74 Å². The summed E-state index contributed by atoms with van der Waals surface area (Å²) in [5.41, 5.74) is 8.72. The minimum absolute atomic E-state index is 0.0694. The van der Waals surface area contributed by atoms with Gasteiger partial charge in [-0.15, -0.1) is 0 Å². The van der Waals surface area contributed by atoms with Crippen LogP contribution in [0.25, 0.3) is 0 Å². The van der Waals surface area contributed by atoms with E-state index in [1.54, 1.807) is 7.11 Å². The largest absolute Gasteiger partial charge is 0.492 e. The SMILES string of the molecule is COc1ccccc1N1C=[N+](c2c(C)cc(C)cc2C)[C@@H](c2ccccc2)[C@@H]1c1ccccc1. The normalized spacial score (nSPS) is 17.5. The van der Waals surface area contributed by atoms with Crippen LogP contribution >= 0.6 is 0 Å². The summed E-state index contributed by atoms with van der Waals surface area (Å²) in [4.78, 5) is 2.38. The van der Waals surface area contributed by atoms with Gasteiger partial charge in [0, 0.05) is 11.1 Å². The Hall–Kier alpha value is -3.85. The van der Waals surface area contributed by atoms with Crippen LogP contribution in [0.15, 0.2) is 97.1 Å². The Balaban J connectivity index is 1.80. The Bertz CT molecular complexity index is 1310. The number of anilines is 1. The molecule has 0 aromatic heterocycles. The number of rotatable bonds is 5. The minimum atomic E-state index is 0.0694. The van der Waals surface area contributed by atoms with Gasteiger partial charge in [0.1, 0.15) is 5.69 Å². The Morgan fingerprint density at radius 2 is 1.26 bits per heavy atom. The maximum atomic E-state index is 5.81. The average Bonchev–Trinajstić information content (AvgIpc) is 3.24. The molecule has 5 rings (SSSR count). The van der Waals surface area contributed by atoms with E-state index >= 15 is 0 Å². The first-order chi connectivity index (χ1) is 16.6. The molecule has 170 valence electrons. The number of hydrogen-bond donors (Lipinski definition) is 0. The van der Waals surface area contributed by atoms with Crippen molar-refractivity contribution in [3.05, 3.63) is 125 Å². The lowest BCUT2D eigenvalue weighted by atomic mass is 9.91. The van der Waals surface area contributed by atoms with E-state index in [-0.39, 0.29) is 12.1 Å². The van der Waals surface area contributed by atoms with Gasteiger partial charge >= 0.3 is 0 Å². The molecular weight excluding hydrogens is 416 g/mol. The number of methoxy groups -OCH3 is 1. The third-order valence-electron chi connectivity index (χ3n) is 6.69. The van der Waals surface area contributed by atoms with Gasteiger partial charge in [-0.2, -0.15) is 0 Å². The van der Waals surface area contributed by atoms with Gasteiger partial charge < -0.3 is 4.74 Å². The van der Waals surface area contributed by atoms with E-state index in [2.05, 4.69) is 122 Å². The van der Waals surface area contributed by atoms with Gasteiger partial charge in [0.2, 0.25) is 6.34 Å². The first-order valence-corrected chi connectivity index (χ1v) is 11.8. The molecule has 0 saturated heterocycles. The molecule has 3 nitrogen and oxygen atoms in total. The van der Waals surface area contributed by atoms with Crippen molar-refractivity contribution in [3.63, 3.8) is 0 Å². The molecule has 4 aromatic carbocycles. The van der Waals surface area contributed by atoms with Crippen molar-refractivity contribution in [2.24, 2.45) is 0 Å². The monoisotopic (exact) mass is 447 g/mol. The van der Waals surface area contributed by atoms with E-state index < -0.39 is 0 Å². The Labute approximate surface area is 202 Å². The molecule has 0 fully saturated rings. The van der Waals surface area contributed by atoms with Crippen LogP contribution < -0.4 is 9.64 Å². The molecule has 0 saturated carbocycles. The number of nitrogens with zero attached hydrogens (tertiary/aromatic N) is 2. The van der Waals surface area contributed by atoms with Crippen LogP contribution in [0.2, 0.25) is 0 Å². The van der Waals surface area contributed by atoms with Crippen LogP contribution in [0.5, 0.6) is 5.75 Å². The Kier molecular flexibility index (Phi) is 5.93. The van der Waals surface area contributed by atoms with Crippen molar-refractivity contribution in [1.29, 1.82) is 0 Å². The van der Waals surface area contributed by atoms with Crippen molar-refractivity contribution in [2.75, 3.05) is 12.0 Å². The van der Waals surface area contributed by atoms with Gasteiger partial charge in [-0.25, -0.2) is 9.48 Å². The topological polar surface area (TPSA) is 15.5 Å². The van der Waals surface area contributed by atoms with Crippen molar-refractivity contribution in [2.45, 2.75) is 32.9 Å². The molecule has 0 bridgehead atoms. The van der Waals surface area contributed by atoms with E-state index in [9.17, 15) is 0 Å². The van der Waals surface area contributed by atoms with Crippen molar-refractivity contribution in [3.8, 4) is 5.75 Å². The lowest BCUT2D eigenvalue weighted by Crippen LogP contribution is -2.26. The highest BCUT2D eigenvalue weighted by molar-refractivity contribution is 5.83. The molecule has 1 aliphatic rings. The predicted octanol–water partition coefficient (Wildman–Crippen LogP) is 7.30. The maximum Gasteiger partial charge on any atom is 0.245 e. The van der Waals surface area contributed by atoms with Crippen LogP contribution in [0, 0.1) is 20.8 Å². The number of ether oxygens (including phenoxy) is 1. The van der Waals surface area contributed by atoms with E-state index in [0.29, 0.717) is 0 Å². The van der Waals surface area contributed by atoms with Gasteiger partial charge in [-0.1, -0.05) is 90.5 Å². The minimum Gasteiger partial charge on any atom is -0.492 e. The summed E-state index contributed by atoms with van der Waals surface area (Å²) in [6.45, 7) is 6.60. The first kappa shape index (κ1) is 22.0. The van der Waals surface area contributed by atoms with E-state index in [1.165, 1.54) is 33.5 Å². The van der Waals surface area contributed by atoms with Gasteiger partial charge in [0.25, 0.3) is 0 Å². The summed E-state index contributed by atoms with van der Waals surface area (Å²) in [5.74, 6) is 0.866. The summed E-state index contributed by atoms with van der Waals surface area (Å²) in [7, 11) is 1.74. The number of hydrogen-bond acceptors (Lipinski definition) is 2. The fourth-order valence-corrected chi connectivity index (χ4v) is 5.40. The second-order valence-electron chi connectivity index (χ2n) is 9.06. The fourth-order valence-electron chi connectivity index (χ4n) is 5.40. The molecule has 1 aliphatic heterocycles. The molecule has 0 spiro atoms. The van der Waals surface area contributed by atoms with Gasteiger partial charge in [0.15, 0.2) is 23.5 Å². The summed E-state index contributed by atoms with van der Waals surface area (Å²) >= 11 is 0. The molecule has 0 radical (unpaired) electrons. The molecule has 2 atom stereocenters. The summed E-state index contributed by atoms with van der Waals surface area (Å²) in [6.07, 6.45) is 2.28. The van der Waals surface area contributed by atoms with Crippen LogP contribution in [0.1, 0.15) is 39.9 Å². The number of benzene rings is 4. The van der Waals surface area contributed by atoms with Crippen LogP contribution in [-0.4, -0.2) is 18.0 Å².